The van der Waals surface area contributed by atoms with E-state index in [0.717, 1.165) is 43.9 Å². The molecule has 1 N–H and O–H groups in total. The number of fused-ring (bicyclic) bond motifs is 1. The summed E-state index contributed by atoms with van der Waals surface area (Å²) in [6.45, 7) is 2.64. The first-order valence-corrected chi connectivity index (χ1v) is 8.14. The third-order valence-corrected chi connectivity index (χ3v) is 5.79. The Labute approximate surface area is 117 Å². The molecule has 2 amide bonds. The second-order valence-corrected chi connectivity index (χ2v) is 7.04. The Morgan fingerprint density at radius 3 is 2.58 bits per heavy atom. The highest BCUT2D eigenvalue weighted by Crippen LogP contribution is 2.49. The molecule has 2 saturated heterocycles. The molecule has 2 atom stereocenters. The molecule has 5 nitrogen and oxygen atoms in total. The van der Waals surface area contributed by atoms with Crippen LogP contribution >= 0.6 is 11.8 Å². The summed E-state index contributed by atoms with van der Waals surface area (Å²) in [6.07, 6.45) is 2.66. The molecule has 0 aromatic carbocycles. The van der Waals surface area contributed by atoms with E-state index >= 15 is 0 Å². The lowest BCUT2D eigenvalue weighted by atomic mass is 9.81. The number of likely N-dealkylation sites (tertiary alicyclic amines) is 1. The number of urea groups is 1. The molecule has 6 heteroatoms. The van der Waals surface area contributed by atoms with Gasteiger partial charge in [0.25, 0.3) is 0 Å². The fourth-order valence-corrected chi connectivity index (χ4v) is 4.64. The summed E-state index contributed by atoms with van der Waals surface area (Å²) in [6, 6.07) is 0.0512. The summed E-state index contributed by atoms with van der Waals surface area (Å²) < 4.78 is 0. The van der Waals surface area contributed by atoms with E-state index in [-0.39, 0.29) is 11.9 Å². The van der Waals surface area contributed by atoms with Crippen LogP contribution < -0.4 is 0 Å². The van der Waals surface area contributed by atoms with E-state index in [1.54, 1.807) is 4.90 Å². The van der Waals surface area contributed by atoms with Crippen LogP contribution in [0.25, 0.3) is 0 Å². The van der Waals surface area contributed by atoms with Gasteiger partial charge in [-0.05, 0) is 18.8 Å². The van der Waals surface area contributed by atoms with Crippen molar-refractivity contribution in [3.63, 3.8) is 0 Å². The fourth-order valence-electron chi connectivity index (χ4n) is 3.74. The number of aliphatic carboxylic acids is 1. The quantitative estimate of drug-likeness (QED) is 0.789. The van der Waals surface area contributed by atoms with E-state index in [4.69, 9.17) is 0 Å². The maximum atomic E-state index is 12.4. The first-order valence-electron chi connectivity index (χ1n) is 6.98. The van der Waals surface area contributed by atoms with E-state index in [1.807, 2.05) is 16.7 Å². The number of carbonyl (C=O) groups excluding carboxylic acids is 1. The lowest BCUT2D eigenvalue weighted by Gasteiger charge is -2.31. The van der Waals surface area contributed by atoms with Gasteiger partial charge in [-0.3, -0.25) is 4.79 Å². The third kappa shape index (κ3) is 2.10. The minimum Gasteiger partial charge on any atom is -0.481 e. The highest BCUT2D eigenvalue weighted by molar-refractivity contribution is 7.99. The van der Waals surface area contributed by atoms with Gasteiger partial charge >= 0.3 is 12.0 Å². The Hall–Kier alpha value is -0.910. The number of rotatable bonds is 1. The summed E-state index contributed by atoms with van der Waals surface area (Å²) in [5.74, 6) is 1.44. The summed E-state index contributed by atoms with van der Waals surface area (Å²) in [5, 5.41) is 9.53. The van der Waals surface area contributed by atoms with Crippen molar-refractivity contribution in [2.75, 3.05) is 37.7 Å². The standard InChI is InChI=1S/C13H20N2O3S/c16-11(17)13-3-1-2-10(13)8-15(9-13)12(18)14-4-6-19-7-5-14/h10H,1-9H2,(H,16,17)/t10-,13+/m0/s1. The van der Waals surface area contributed by atoms with Crippen molar-refractivity contribution in [3.8, 4) is 0 Å². The fraction of sp³-hybridized carbons (Fsp3) is 0.846. The molecule has 3 fully saturated rings. The molecule has 0 bridgehead atoms. The molecule has 1 aliphatic carbocycles. The van der Waals surface area contributed by atoms with Gasteiger partial charge in [0.2, 0.25) is 0 Å². The molecule has 3 aliphatic rings. The normalized spacial score (nSPS) is 34.4. The third-order valence-electron chi connectivity index (χ3n) is 4.85. The largest absolute Gasteiger partial charge is 0.481 e. The monoisotopic (exact) mass is 284 g/mol. The number of nitrogens with zero attached hydrogens (tertiary/aromatic N) is 2. The first kappa shape index (κ1) is 13.1. The zero-order chi connectivity index (χ0) is 13.5. The van der Waals surface area contributed by atoms with Gasteiger partial charge in [-0.15, -0.1) is 0 Å². The number of amides is 2. The number of carboxylic acids is 1. The van der Waals surface area contributed by atoms with Crippen molar-refractivity contribution < 1.29 is 14.7 Å². The second-order valence-electron chi connectivity index (χ2n) is 5.81. The van der Waals surface area contributed by atoms with Crippen molar-refractivity contribution in [2.45, 2.75) is 19.3 Å². The van der Waals surface area contributed by atoms with Gasteiger partial charge in [0.05, 0.1) is 5.41 Å². The van der Waals surface area contributed by atoms with Crippen LogP contribution in [0.3, 0.4) is 0 Å². The molecule has 0 unspecified atom stereocenters. The van der Waals surface area contributed by atoms with Gasteiger partial charge < -0.3 is 14.9 Å². The predicted octanol–water partition coefficient (Wildman–Crippen LogP) is 1.34. The highest BCUT2D eigenvalue weighted by Gasteiger charge is 2.56. The van der Waals surface area contributed by atoms with Gasteiger partial charge in [0.15, 0.2) is 0 Å². The van der Waals surface area contributed by atoms with E-state index in [9.17, 15) is 14.7 Å². The van der Waals surface area contributed by atoms with Gasteiger partial charge in [0, 0.05) is 37.7 Å². The Bertz CT molecular complexity index is 397. The van der Waals surface area contributed by atoms with Crippen LogP contribution in [0.5, 0.6) is 0 Å². The summed E-state index contributed by atoms with van der Waals surface area (Å²) in [7, 11) is 0. The van der Waals surface area contributed by atoms with E-state index in [0.29, 0.717) is 13.1 Å². The maximum absolute atomic E-state index is 12.4. The molecule has 0 spiro atoms. The molecular formula is C13H20N2O3S. The van der Waals surface area contributed by atoms with E-state index in [1.165, 1.54) is 0 Å². The minimum atomic E-state index is -0.709. The zero-order valence-electron chi connectivity index (χ0n) is 11.0. The topological polar surface area (TPSA) is 60.9 Å². The van der Waals surface area contributed by atoms with E-state index in [2.05, 4.69) is 0 Å². The Balaban J connectivity index is 1.71. The predicted molar refractivity (Wildman–Crippen MR) is 73.3 cm³/mol. The number of hydrogen-bond donors (Lipinski definition) is 1. The van der Waals surface area contributed by atoms with Crippen LogP contribution in [0, 0.1) is 11.3 Å². The summed E-state index contributed by atoms with van der Waals surface area (Å²) >= 11 is 1.87. The molecule has 2 aliphatic heterocycles. The Morgan fingerprint density at radius 1 is 1.21 bits per heavy atom. The van der Waals surface area contributed by atoms with Crippen LogP contribution in [-0.4, -0.2) is 64.6 Å². The lowest BCUT2D eigenvalue weighted by molar-refractivity contribution is -0.149. The summed E-state index contributed by atoms with van der Waals surface area (Å²) in [5.41, 5.74) is -0.653. The van der Waals surface area contributed by atoms with Crippen LogP contribution in [-0.2, 0) is 4.79 Å². The molecule has 106 valence electrons. The zero-order valence-corrected chi connectivity index (χ0v) is 11.8. The SMILES string of the molecule is O=C(N1CCSCC1)N1C[C@@H]2CCC[C@@]2(C(=O)O)C1. The van der Waals surface area contributed by atoms with Crippen LogP contribution in [0.4, 0.5) is 4.79 Å². The average molecular weight is 284 g/mol. The van der Waals surface area contributed by atoms with Crippen molar-refractivity contribution in [3.05, 3.63) is 0 Å². The summed E-state index contributed by atoms with van der Waals surface area (Å²) in [4.78, 5) is 27.7. The molecular weight excluding hydrogens is 264 g/mol. The minimum absolute atomic E-state index is 0.0512. The van der Waals surface area contributed by atoms with Crippen LogP contribution in [0.15, 0.2) is 0 Å². The Kier molecular flexibility index (Phi) is 3.37. The molecule has 1 saturated carbocycles. The van der Waals surface area contributed by atoms with Crippen molar-refractivity contribution in [1.29, 1.82) is 0 Å². The molecule has 19 heavy (non-hydrogen) atoms. The van der Waals surface area contributed by atoms with Crippen LogP contribution in [0.2, 0.25) is 0 Å². The van der Waals surface area contributed by atoms with Crippen LogP contribution in [0.1, 0.15) is 19.3 Å². The molecule has 0 radical (unpaired) electrons. The van der Waals surface area contributed by atoms with Crippen molar-refractivity contribution in [1.82, 2.24) is 9.80 Å². The van der Waals surface area contributed by atoms with Gasteiger partial charge in [0.1, 0.15) is 0 Å². The lowest BCUT2D eigenvalue weighted by Crippen LogP contribution is -2.47. The average Bonchev–Trinajstić information content (AvgIpc) is 2.96. The number of carboxylic acid groups (broad SMARTS) is 1. The van der Waals surface area contributed by atoms with Gasteiger partial charge in [-0.2, -0.15) is 11.8 Å². The van der Waals surface area contributed by atoms with Crippen molar-refractivity contribution in [2.24, 2.45) is 11.3 Å². The van der Waals surface area contributed by atoms with Crippen molar-refractivity contribution >= 4 is 23.8 Å². The number of carbonyl (C=O) groups is 2. The maximum Gasteiger partial charge on any atom is 0.320 e. The second kappa shape index (κ2) is 4.89. The molecule has 2 heterocycles. The molecule has 3 rings (SSSR count). The molecule has 0 aromatic rings. The first-order chi connectivity index (χ1) is 9.13. The number of hydrogen-bond acceptors (Lipinski definition) is 3. The Morgan fingerprint density at radius 2 is 1.95 bits per heavy atom. The number of thioether (sulfide) groups is 1. The van der Waals surface area contributed by atoms with E-state index < -0.39 is 11.4 Å². The smallest absolute Gasteiger partial charge is 0.320 e. The molecule has 0 aromatic heterocycles. The van der Waals surface area contributed by atoms with Gasteiger partial charge in [-0.1, -0.05) is 6.42 Å². The van der Waals surface area contributed by atoms with Gasteiger partial charge in [-0.25, -0.2) is 4.79 Å². The highest BCUT2D eigenvalue weighted by atomic mass is 32.2.